The first kappa shape index (κ1) is 23.4. The Morgan fingerprint density at radius 3 is 2.39 bits per heavy atom. The number of benzene rings is 1. The second-order valence-electron chi connectivity index (χ2n) is 8.95. The Morgan fingerprint density at radius 1 is 1.09 bits per heavy atom. The molecule has 1 saturated carbocycles. The standard InChI is InChI=1S/C23H31N5O4S/c1-16-25-21(15-27(16)2)33(31,32)28-11-9-19(10-12-28)22(29)24-14-17-5-3-8-20(13-17)26-23(30)18-6-4-7-18/h3,5,8,13,15,18-19H,4,6-7,9-12,14H2,1-2H3,(H,24,29)(H,26,30). The van der Waals surface area contributed by atoms with Gasteiger partial charge in [0.05, 0.1) is 0 Å². The highest BCUT2D eigenvalue weighted by Gasteiger charge is 2.33. The van der Waals surface area contributed by atoms with Crippen molar-refractivity contribution in [2.75, 3.05) is 18.4 Å². The Kier molecular flexibility index (Phi) is 6.85. The van der Waals surface area contributed by atoms with Gasteiger partial charge in [0.2, 0.25) is 11.8 Å². The zero-order chi connectivity index (χ0) is 23.6. The summed E-state index contributed by atoms with van der Waals surface area (Å²) < 4.78 is 28.8. The van der Waals surface area contributed by atoms with Crippen LogP contribution >= 0.6 is 0 Å². The Labute approximate surface area is 194 Å². The maximum atomic E-state index is 12.8. The molecule has 9 nitrogen and oxygen atoms in total. The Hall–Kier alpha value is -2.72. The van der Waals surface area contributed by atoms with Crippen molar-refractivity contribution in [2.45, 2.75) is 50.6 Å². The summed E-state index contributed by atoms with van der Waals surface area (Å²) in [5, 5.41) is 5.96. The van der Waals surface area contributed by atoms with Crippen LogP contribution in [-0.2, 0) is 33.2 Å². The predicted octanol–water partition coefficient (Wildman–Crippen LogP) is 2.18. The van der Waals surface area contributed by atoms with Gasteiger partial charge in [-0.15, -0.1) is 0 Å². The van der Waals surface area contributed by atoms with Gasteiger partial charge >= 0.3 is 0 Å². The number of nitrogens with zero attached hydrogens (tertiary/aromatic N) is 3. The lowest BCUT2D eigenvalue weighted by molar-refractivity contribution is -0.126. The van der Waals surface area contributed by atoms with Crippen LogP contribution in [0.3, 0.4) is 0 Å². The second-order valence-corrected chi connectivity index (χ2v) is 10.8. The van der Waals surface area contributed by atoms with Crippen molar-refractivity contribution in [1.29, 1.82) is 0 Å². The zero-order valence-corrected chi connectivity index (χ0v) is 19.9. The summed E-state index contributed by atoms with van der Waals surface area (Å²) in [7, 11) is -1.89. The molecule has 2 aromatic rings. The number of nitrogens with one attached hydrogen (secondary N) is 2. The highest BCUT2D eigenvalue weighted by Crippen LogP contribution is 2.28. The molecule has 2 amide bonds. The summed E-state index contributed by atoms with van der Waals surface area (Å²) in [6.07, 6.45) is 5.46. The van der Waals surface area contributed by atoms with E-state index in [9.17, 15) is 18.0 Å². The molecule has 0 spiro atoms. The largest absolute Gasteiger partial charge is 0.352 e. The molecule has 2 aliphatic rings. The molecule has 0 unspecified atom stereocenters. The molecule has 1 aromatic carbocycles. The number of hydrogen-bond acceptors (Lipinski definition) is 5. The van der Waals surface area contributed by atoms with Crippen molar-refractivity contribution in [1.82, 2.24) is 19.2 Å². The minimum Gasteiger partial charge on any atom is -0.352 e. The lowest BCUT2D eigenvalue weighted by Crippen LogP contribution is -2.43. The average molecular weight is 474 g/mol. The summed E-state index contributed by atoms with van der Waals surface area (Å²) in [5.74, 6) is 0.498. The van der Waals surface area contributed by atoms with E-state index >= 15 is 0 Å². The molecule has 4 rings (SSSR count). The molecule has 0 atom stereocenters. The summed E-state index contributed by atoms with van der Waals surface area (Å²) >= 11 is 0. The van der Waals surface area contributed by atoms with Gasteiger partial charge in [0, 0.05) is 50.4 Å². The number of carbonyl (C=O) groups excluding carboxylic acids is 2. The minimum atomic E-state index is -3.65. The van der Waals surface area contributed by atoms with Gasteiger partial charge < -0.3 is 15.2 Å². The second kappa shape index (κ2) is 9.64. The monoisotopic (exact) mass is 473 g/mol. The van der Waals surface area contributed by atoms with Crippen molar-refractivity contribution in [3.8, 4) is 0 Å². The number of rotatable bonds is 7. The van der Waals surface area contributed by atoms with Crippen LogP contribution in [0.1, 0.15) is 43.5 Å². The first-order chi connectivity index (χ1) is 15.7. The molecule has 10 heteroatoms. The fourth-order valence-corrected chi connectivity index (χ4v) is 5.64. The molecule has 2 fully saturated rings. The van der Waals surface area contributed by atoms with Crippen LogP contribution in [0.25, 0.3) is 0 Å². The molecule has 0 bridgehead atoms. The van der Waals surface area contributed by atoms with E-state index in [0.717, 1.165) is 30.5 Å². The third-order valence-corrected chi connectivity index (χ3v) is 8.42. The van der Waals surface area contributed by atoms with Crippen LogP contribution in [0.5, 0.6) is 0 Å². The number of piperidine rings is 1. The van der Waals surface area contributed by atoms with Crippen molar-refractivity contribution >= 4 is 27.5 Å². The quantitative estimate of drug-likeness (QED) is 0.640. The third-order valence-electron chi connectivity index (χ3n) is 6.65. The van der Waals surface area contributed by atoms with Gasteiger partial charge in [-0.05, 0) is 50.3 Å². The third kappa shape index (κ3) is 5.27. The fraction of sp³-hybridized carbons (Fsp3) is 0.522. The molecule has 1 aromatic heterocycles. The summed E-state index contributed by atoms with van der Waals surface area (Å²) in [6.45, 7) is 2.70. The van der Waals surface area contributed by atoms with Gasteiger partial charge in [-0.1, -0.05) is 18.6 Å². The molecular formula is C23H31N5O4S. The topological polar surface area (TPSA) is 113 Å². The van der Waals surface area contributed by atoms with E-state index in [0.29, 0.717) is 38.3 Å². The average Bonchev–Trinajstić information content (AvgIpc) is 3.10. The number of hydrogen-bond donors (Lipinski definition) is 2. The van der Waals surface area contributed by atoms with Gasteiger partial charge in [0.15, 0.2) is 5.03 Å². The number of carbonyl (C=O) groups is 2. The lowest BCUT2D eigenvalue weighted by atomic mass is 9.85. The number of amides is 2. The van der Waals surface area contributed by atoms with E-state index in [1.807, 2.05) is 24.3 Å². The summed E-state index contributed by atoms with van der Waals surface area (Å²) in [5.41, 5.74) is 1.64. The van der Waals surface area contributed by atoms with Crippen molar-refractivity contribution in [2.24, 2.45) is 18.9 Å². The van der Waals surface area contributed by atoms with Gasteiger partial charge in [-0.2, -0.15) is 4.31 Å². The van der Waals surface area contributed by atoms with Gasteiger partial charge in [-0.25, -0.2) is 13.4 Å². The van der Waals surface area contributed by atoms with Gasteiger partial charge in [-0.3, -0.25) is 9.59 Å². The van der Waals surface area contributed by atoms with Gasteiger partial charge in [0.25, 0.3) is 10.0 Å². The Balaban J connectivity index is 1.27. The number of anilines is 1. The van der Waals surface area contributed by atoms with E-state index in [4.69, 9.17) is 0 Å². The number of imidazole rings is 1. The predicted molar refractivity (Wildman–Crippen MR) is 124 cm³/mol. The maximum Gasteiger partial charge on any atom is 0.262 e. The minimum absolute atomic E-state index is 0.0506. The first-order valence-corrected chi connectivity index (χ1v) is 12.9. The van der Waals surface area contributed by atoms with E-state index in [-0.39, 0.29) is 28.7 Å². The van der Waals surface area contributed by atoms with E-state index in [1.54, 1.807) is 18.5 Å². The van der Waals surface area contributed by atoms with Crippen LogP contribution < -0.4 is 10.6 Å². The lowest BCUT2D eigenvalue weighted by Gasteiger charge is -2.30. The molecule has 2 heterocycles. The van der Waals surface area contributed by atoms with Crippen molar-refractivity contribution in [3.63, 3.8) is 0 Å². The smallest absolute Gasteiger partial charge is 0.262 e. The van der Waals surface area contributed by atoms with E-state index < -0.39 is 10.0 Å². The highest BCUT2D eigenvalue weighted by atomic mass is 32.2. The molecular weight excluding hydrogens is 442 g/mol. The normalized spacial score (nSPS) is 18.0. The molecule has 1 aliphatic heterocycles. The number of aryl methyl sites for hydroxylation is 2. The zero-order valence-electron chi connectivity index (χ0n) is 19.1. The highest BCUT2D eigenvalue weighted by molar-refractivity contribution is 7.89. The summed E-state index contributed by atoms with van der Waals surface area (Å²) in [4.78, 5) is 29.0. The van der Waals surface area contributed by atoms with Crippen LogP contribution in [0.4, 0.5) is 5.69 Å². The molecule has 33 heavy (non-hydrogen) atoms. The van der Waals surface area contributed by atoms with Gasteiger partial charge in [0.1, 0.15) is 5.82 Å². The Bertz CT molecular complexity index is 1110. The molecule has 0 radical (unpaired) electrons. The SMILES string of the molecule is Cc1nc(S(=O)(=O)N2CCC(C(=O)NCc3cccc(NC(=O)C4CCC4)c3)CC2)cn1C. The van der Waals surface area contributed by atoms with Crippen molar-refractivity contribution in [3.05, 3.63) is 41.9 Å². The van der Waals surface area contributed by atoms with Crippen LogP contribution in [0, 0.1) is 18.8 Å². The first-order valence-electron chi connectivity index (χ1n) is 11.4. The van der Waals surface area contributed by atoms with E-state index in [1.165, 1.54) is 10.5 Å². The maximum absolute atomic E-state index is 12.8. The molecule has 2 N–H and O–H groups in total. The van der Waals surface area contributed by atoms with Crippen LogP contribution in [0.2, 0.25) is 0 Å². The summed E-state index contributed by atoms with van der Waals surface area (Å²) in [6, 6.07) is 7.49. The van der Waals surface area contributed by atoms with Crippen LogP contribution in [0.15, 0.2) is 35.5 Å². The number of sulfonamides is 1. The number of aromatic nitrogens is 2. The molecule has 1 aliphatic carbocycles. The van der Waals surface area contributed by atoms with Crippen LogP contribution in [-0.4, -0.2) is 47.2 Å². The fourth-order valence-electron chi connectivity index (χ4n) is 4.15. The van der Waals surface area contributed by atoms with Crippen molar-refractivity contribution < 1.29 is 18.0 Å². The van der Waals surface area contributed by atoms with E-state index in [2.05, 4.69) is 15.6 Å². The molecule has 178 valence electrons. The molecule has 1 saturated heterocycles. The Morgan fingerprint density at radius 2 is 1.79 bits per heavy atom.